The maximum atomic E-state index is 12.9. The molecule has 12 atom stereocenters. The number of hydrogen-bond acceptors (Lipinski definition) is 13. The molecule has 0 aromatic carbocycles. The summed E-state index contributed by atoms with van der Waals surface area (Å²) in [5.41, 5.74) is 0. The highest BCUT2D eigenvalue weighted by Crippen LogP contribution is 2.29. The summed E-state index contributed by atoms with van der Waals surface area (Å²) in [5, 5.41) is 85.9. The number of amides is 1. The second-order valence-electron chi connectivity index (χ2n) is 15.1. The van der Waals surface area contributed by atoms with Gasteiger partial charge < -0.3 is 65.1 Å². The van der Waals surface area contributed by atoms with E-state index in [0.717, 1.165) is 51.4 Å². The van der Waals surface area contributed by atoms with Gasteiger partial charge in [0.05, 0.1) is 32.0 Å². The van der Waals surface area contributed by atoms with Crippen LogP contribution in [-0.4, -0.2) is 140 Å². The Morgan fingerprint density at radius 2 is 1.14 bits per heavy atom. The number of aliphatic hydroxyl groups is 8. The number of unbranched alkanes of at least 4 members (excludes halogenated alkanes) is 13. The normalized spacial score (nSPS) is 29.8. The summed E-state index contributed by atoms with van der Waals surface area (Å²) in [6.45, 7) is 2.61. The van der Waals surface area contributed by atoms with E-state index in [0.29, 0.717) is 12.8 Å². The number of ether oxygens (including phenoxy) is 4. The highest BCUT2D eigenvalue weighted by Gasteiger charge is 2.50. The van der Waals surface area contributed by atoms with Crippen molar-refractivity contribution in [2.75, 3.05) is 19.8 Å². The van der Waals surface area contributed by atoms with E-state index in [2.05, 4.69) is 43.5 Å². The molecule has 0 aliphatic carbocycles. The Hall–Kier alpha value is -1.79. The van der Waals surface area contributed by atoms with Gasteiger partial charge in [-0.05, 0) is 44.9 Å². The van der Waals surface area contributed by atoms with E-state index in [9.17, 15) is 45.6 Å². The van der Waals surface area contributed by atoms with Crippen molar-refractivity contribution in [2.24, 2.45) is 0 Å². The monoisotopic (exact) mass is 802 g/mol. The average Bonchev–Trinajstić information content (AvgIpc) is 3.19. The molecule has 2 saturated heterocycles. The molecule has 14 nitrogen and oxygen atoms in total. The molecule has 0 spiro atoms. The largest absolute Gasteiger partial charge is 0.394 e. The second-order valence-corrected chi connectivity index (χ2v) is 15.1. The Bertz CT molecular complexity index is 1090. The lowest BCUT2D eigenvalue weighted by Crippen LogP contribution is -2.65. The summed E-state index contributed by atoms with van der Waals surface area (Å²) < 4.78 is 22.5. The number of allylic oxidation sites excluding steroid dienone is 5. The smallest absolute Gasteiger partial charge is 0.220 e. The van der Waals surface area contributed by atoms with Gasteiger partial charge in [-0.3, -0.25) is 4.79 Å². The van der Waals surface area contributed by atoms with Gasteiger partial charge >= 0.3 is 0 Å². The summed E-state index contributed by atoms with van der Waals surface area (Å²) in [7, 11) is 0. The number of aliphatic hydroxyl groups excluding tert-OH is 8. The third-order valence-electron chi connectivity index (χ3n) is 10.3. The van der Waals surface area contributed by atoms with Gasteiger partial charge in [0.25, 0.3) is 0 Å². The van der Waals surface area contributed by atoms with E-state index in [1.54, 1.807) is 6.08 Å². The van der Waals surface area contributed by atoms with Crippen LogP contribution >= 0.6 is 0 Å². The van der Waals surface area contributed by atoms with E-state index < -0.39 is 86.8 Å². The lowest BCUT2D eigenvalue weighted by molar-refractivity contribution is -0.359. The van der Waals surface area contributed by atoms with E-state index in [1.807, 2.05) is 6.08 Å². The Morgan fingerprint density at radius 3 is 1.75 bits per heavy atom. The molecule has 2 aliphatic rings. The van der Waals surface area contributed by atoms with Gasteiger partial charge in [0.15, 0.2) is 12.6 Å². The van der Waals surface area contributed by atoms with E-state index in [1.165, 1.54) is 44.9 Å². The third kappa shape index (κ3) is 18.9. The fourth-order valence-electron chi connectivity index (χ4n) is 6.73. The molecule has 0 bridgehead atoms. The zero-order chi connectivity index (χ0) is 41.1. The molecule has 0 saturated carbocycles. The maximum absolute atomic E-state index is 12.9. The van der Waals surface area contributed by atoms with Crippen LogP contribution in [0.3, 0.4) is 0 Å². The van der Waals surface area contributed by atoms with Gasteiger partial charge in [-0.25, -0.2) is 0 Å². The molecular weight excluding hydrogens is 726 g/mol. The summed E-state index contributed by atoms with van der Waals surface area (Å²) in [5.74, 6) is -0.270. The molecule has 1 amide bonds. The number of hydrogen-bond donors (Lipinski definition) is 9. The Labute approximate surface area is 334 Å². The van der Waals surface area contributed by atoms with Crippen LogP contribution < -0.4 is 5.32 Å². The molecule has 2 heterocycles. The number of carbonyl (C=O) groups is 1. The SMILES string of the molecule is CCCCCCCCC/C=C/CC/C=C/CC/C=C/C(O)C(COC1OC(CO)C(OC2OC(CO)C(O)C(O)C2O)C(O)C1O)NC(=O)CCCCCCC. The van der Waals surface area contributed by atoms with Crippen LogP contribution in [-0.2, 0) is 23.7 Å². The highest BCUT2D eigenvalue weighted by atomic mass is 16.7. The standard InChI is InChI=1S/C42H75NO13/c1-3-5-7-9-10-11-12-13-14-15-16-17-18-19-20-22-23-25-31(46)30(43-34(47)26-24-21-8-6-4-2)29-53-41-39(52)37(50)40(33(28-45)55-41)56-42-38(51)36(49)35(48)32(27-44)54-42/h14-15,18-19,23,25,30-33,35-42,44-46,48-52H,3-13,16-17,20-22,24,26-29H2,1-2H3,(H,43,47)/b15-14+,19-18+,25-23+. The van der Waals surface area contributed by atoms with Crippen LogP contribution in [0.4, 0.5) is 0 Å². The van der Waals surface area contributed by atoms with Gasteiger partial charge in [-0.1, -0.05) is 115 Å². The average molecular weight is 802 g/mol. The fraction of sp³-hybridized carbons (Fsp3) is 0.833. The Balaban J connectivity index is 1.90. The molecule has 0 aromatic heterocycles. The molecule has 14 heteroatoms. The summed E-state index contributed by atoms with van der Waals surface area (Å²) in [6.07, 6.45) is 14.0. The lowest BCUT2D eigenvalue weighted by atomic mass is 9.97. The second kappa shape index (κ2) is 30.3. The van der Waals surface area contributed by atoms with Crippen molar-refractivity contribution in [1.29, 1.82) is 0 Å². The van der Waals surface area contributed by atoms with Crippen LogP contribution in [0.2, 0.25) is 0 Å². The zero-order valence-electron chi connectivity index (χ0n) is 33.9. The summed E-state index contributed by atoms with van der Waals surface area (Å²) in [6, 6.07) is -0.929. The van der Waals surface area contributed by atoms with Crippen molar-refractivity contribution in [3.05, 3.63) is 36.5 Å². The van der Waals surface area contributed by atoms with E-state index in [-0.39, 0.29) is 18.9 Å². The molecule has 56 heavy (non-hydrogen) atoms. The summed E-state index contributed by atoms with van der Waals surface area (Å²) in [4.78, 5) is 12.9. The van der Waals surface area contributed by atoms with Gasteiger partial charge in [0, 0.05) is 6.42 Å². The minimum absolute atomic E-state index is 0.264. The zero-order valence-corrected chi connectivity index (χ0v) is 33.9. The lowest BCUT2D eigenvalue weighted by Gasteiger charge is -2.46. The van der Waals surface area contributed by atoms with Crippen molar-refractivity contribution in [3.8, 4) is 0 Å². The minimum Gasteiger partial charge on any atom is -0.394 e. The molecule has 0 radical (unpaired) electrons. The van der Waals surface area contributed by atoms with Crippen LogP contribution in [0.25, 0.3) is 0 Å². The molecule has 2 aliphatic heterocycles. The Morgan fingerprint density at radius 1 is 0.625 bits per heavy atom. The van der Waals surface area contributed by atoms with Gasteiger partial charge in [-0.2, -0.15) is 0 Å². The first kappa shape index (κ1) is 50.4. The van der Waals surface area contributed by atoms with Crippen molar-refractivity contribution in [3.63, 3.8) is 0 Å². The van der Waals surface area contributed by atoms with Gasteiger partial charge in [0.2, 0.25) is 5.91 Å². The van der Waals surface area contributed by atoms with Crippen molar-refractivity contribution in [1.82, 2.24) is 5.32 Å². The fourth-order valence-corrected chi connectivity index (χ4v) is 6.73. The number of rotatable bonds is 30. The molecule has 12 unspecified atom stereocenters. The first-order chi connectivity index (χ1) is 27.1. The third-order valence-corrected chi connectivity index (χ3v) is 10.3. The minimum atomic E-state index is -1.79. The first-order valence-corrected chi connectivity index (χ1v) is 21.2. The van der Waals surface area contributed by atoms with Gasteiger partial charge in [-0.15, -0.1) is 0 Å². The molecule has 2 rings (SSSR count). The van der Waals surface area contributed by atoms with Crippen LogP contribution in [0.5, 0.6) is 0 Å². The number of carbonyl (C=O) groups excluding carboxylic acids is 1. The summed E-state index contributed by atoms with van der Waals surface area (Å²) >= 11 is 0. The maximum Gasteiger partial charge on any atom is 0.220 e. The molecule has 0 aromatic rings. The molecule has 9 N–H and O–H groups in total. The van der Waals surface area contributed by atoms with Crippen molar-refractivity contribution >= 4 is 5.91 Å². The van der Waals surface area contributed by atoms with Crippen LogP contribution in [0, 0.1) is 0 Å². The topological polar surface area (TPSA) is 228 Å². The van der Waals surface area contributed by atoms with Crippen molar-refractivity contribution in [2.45, 2.75) is 203 Å². The quantitative estimate of drug-likeness (QED) is 0.0376. The van der Waals surface area contributed by atoms with Gasteiger partial charge in [0.1, 0.15) is 48.8 Å². The highest BCUT2D eigenvalue weighted by molar-refractivity contribution is 5.76. The molecular formula is C42H75NO13. The molecule has 2 fully saturated rings. The van der Waals surface area contributed by atoms with E-state index >= 15 is 0 Å². The van der Waals surface area contributed by atoms with E-state index in [4.69, 9.17) is 18.9 Å². The first-order valence-electron chi connectivity index (χ1n) is 21.2. The molecule has 326 valence electrons. The predicted molar refractivity (Wildman–Crippen MR) is 212 cm³/mol. The van der Waals surface area contributed by atoms with Crippen molar-refractivity contribution < 1.29 is 64.6 Å². The van der Waals surface area contributed by atoms with Crippen LogP contribution in [0.1, 0.15) is 129 Å². The number of nitrogens with one attached hydrogen (secondary N) is 1. The Kier molecular flexibility index (Phi) is 27.2. The predicted octanol–water partition coefficient (Wildman–Crippen LogP) is 3.20. The van der Waals surface area contributed by atoms with Crippen LogP contribution in [0.15, 0.2) is 36.5 Å².